The molecule has 4 nitrogen and oxygen atoms in total. The van der Waals surface area contributed by atoms with Crippen LogP contribution in [0.1, 0.15) is 68.1 Å². The van der Waals surface area contributed by atoms with Crippen LogP contribution in [0.25, 0.3) is 10.6 Å². The van der Waals surface area contributed by atoms with Crippen molar-refractivity contribution in [1.82, 2.24) is 4.98 Å². The molecule has 1 aromatic heterocycles. The summed E-state index contributed by atoms with van der Waals surface area (Å²) < 4.78 is 26.4. The zero-order valence-corrected chi connectivity index (χ0v) is 16.7. The van der Waals surface area contributed by atoms with Gasteiger partial charge >= 0.3 is 0 Å². The predicted molar refractivity (Wildman–Crippen MR) is 105 cm³/mol. The molecule has 0 radical (unpaired) electrons. The molecular formula is C20H26F2N2O2S. The molecule has 0 saturated heterocycles. The second-order valence-corrected chi connectivity index (χ2v) is 7.41. The normalized spacial score (nSPS) is 10.9. The van der Waals surface area contributed by atoms with Gasteiger partial charge in [-0.2, -0.15) is 0 Å². The van der Waals surface area contributed by atoms with Crippen LogP contribution in [0.2, 0.25) is 0 Å². The van der Waals surface area contributed by atoms with Crippen molar-refractivity contribution in [3.63, 3.8) is 0 Å². The van der Waals surface area contributed by atoms with Crippen molar-refractivity contribution < 1.29 is 18.4 Å². The number of benzene rings is 1. The van der Waals surface area contributed by atoms with Gasteiger partial charge in [0.2, 0.25) is 0 Å². The molecule has 0 unspecified atom stereocenters. The zero-order chi connectivity index (χ0) is 20.4. The third kappa shape index (κ3) is 8.39. The number of hydrogen-bond donors (Lipinski definition) is 1. The molecule has 0 aliphatic rings. The Hall–Kier alpha value is -2.15. The number of unbranched alkanes of at least 4 members (excludes halogenated alkanes) is 3. The lowest BCUT2D eigenvalue weighted by molar-refractivity contribution is -0.117. The molecule has 27 heavy (non-hydrogen) atoms. The molecule has 0 atom stereocenters. The molecule has 0 aliphatic carbocycles. The average molecular weight is 397 g/mol. The SMILES string of the molecule is CC(F)(F)c1cccc(-c2ncc(C(N)=O)s2)c1.CCCCCCC(C)=O. The molecule has 0 aliphatic heterocycles. The molecule has 0 saturated carbocycles. The summed E-state index contributed by atoms with van der Waals surface area (Å²) in [7, 11) is 0. The van der Waals surface area contributed by atoms with Gasteiger partial charge < -0.3 is 10.5 Å². The second kappa shape index (κ2) is 10.9. The largest absolute Gasteiger partial charge is 0.365 e. The minimum atomic E-state index is -2.90. The van der Waals surface area contributed by atoms with Crippen LogP contribution in [0, 0.1) is 0 Å². The van der Waals surface area contributed by atoms with E-state index in [9.17, 15) is 18.4 Å². The van der Waals surface area contributed by atoms with E-state index in [1.165, 1.54) is 43.7 Å². The summed E-state index contributed by atoms with van der Waals surface area (Å²) in [4.78, 5) is 25.7. The number of rotatable bonds is 8. The van der Waals surface area contributed by atoms with Crippen molar-refractivity contribution in [1.29, 1.82) is 0 Å². The second-order valence-electron chi connectivity index (χ2n) is 6.38. The topological polar surface area (TPSA) is 73.0 Å². The van der Waals surface area contributed by atoms with Crippen LogP contribution in [0.5, 0.6) is 0 Å². The van der Waals surface area contributed by atoms with Crippen molar-refractivity contribution in [2.75, 3.05) is 0 Å². The van der Waals surface area contributed by atoms with Gasteiger partial charge in [0.1, 0.15) is 15.7 Å². The lowest BCUT2D eigenvalue weighted by Crippen LogP contribution is -2.08. The fraction of sp³-hybridized carbons (Fsp3) is 0.450. The zero-order valence-electron chi connectivity index (χ0n) is 15.9. The summed E-state index contributed by atoms with van der Waals surface area (Å²) in [5.41, 5.74) is 5.58. The van der Waals surface area contributed by atoms with Gasteiger partial charge in [-0.3, -0.25) is 4.79 Å². The van der Waals surface area contributed by atoms with Gasteiger partial charge in [0.15, 0.2) is 0 Å². The van der Waals surface area contributed by atoms with Crippen LogP contribution < -0.4 is 5.73 Å². The highest BCUT2D eigenvalue weighted by Gasteiger charge is 2.24. The minimum absolute atomic E-state index is 0.0872. The lowest BCUT2D eigenvalue weighted by Gasteiger charge is -2.10. The Kier molecular flexibility index (Phi) is 9.21. The molecule has 0 fully saturated rings. The summed E-state index contributed by atoms with van der Waals surface area (Å²) in [6.07, 6.45) is 6.95. The van der Waals surface area contributed by atoms with Crippen molar-refractivity contribution in [2.24, 2.45) is 5.73 Å². The molecule has 148 valence electrons. The van der Waals surface area contributed by atoms with Crippen molar-refractivity contribution in [3.8, 4) is 10.6 Å². The average Bonchev–Trinajstić information content (AvgIpc) is 3.09. The highest BCUT2D eigenvalue weighted by Crippen LogP contribution is 2.31. The van der Waals surface area contributed by atoms with Crippen molar-refractivity contribution in [3.05, 3.63) is 40.9 Å². The minimum Gasteiger partial charge on any atom is -0.365 e. The Balaban J connectivity index is 0.000000345. The molecule has 1 aromatic carbocycles. The molecule has 1 amide bonds. The molecular weight excluding hydrogens is 370 g/mol. The number of amides is 1. The first kappa shape index (κ1) is 22.9. The lowest BCUT2D eigenvalue weighted by atomic mass is 10.1. The van der Waals surface area contributed by atoms with Crippen LogP contribution in [0.15, 0.2) is 30.5 Å². The van der Waals surface area contributed by atoms with E-state index in [2.05, 4.69) is 11.9 Å². The van der Waals surface area contributed by atoms with Gasteiger partial charge in [-0.15, -0.1) is 11.3 Å². The van der Waals surface area contributed by atoms with Crippen molar-refractivity contribution in [2.45, 2.75) is 58.8 Å². The Morgan fingerprint density at radius 3 is 2.44 bits per heavy atom. The smallest absolute Gasteiger partial charge is 0.270 e. The van der Waals surface area contributed by atoms with Gasteiger partial charge in [0.05, 0.1) is 6.20 Å². The van der Waals surface area contributed by atoms with Crippen LogP contribution in [-0.4, -0.2) is 16.7 Å². The number of aromatic nitrogens is 1. The fourth-order valence-electron chi connectivity index (χ4n) is 2.25. The number of ketones is 1. The van der Waals surface area contributed by atoms with Crippen LogP contribution in [0.3, 0.4) is 0 Å². The van der Waals surface area contributed by atoms with Crippen LogP contribution in [-0.2, 0) is 10.7 Å². The molecule has 2 N–H and O–H groups in total. The molecule has 2 rings (SSSR count). The maximum absolute atomic E-state index is 13.2. The highest BCUT2D eigenvalue weighted by atomic mass is 32.1. The monoisotopic (exact) mass is 396 g/mol. The van der Waals surface area contributed by atoms with E-state index in [-0.39, 0.29) is 5.56 Å². The third-order valence-electron chi connectivity index (χ3n) is 3.75. The quantitative estimate of drug-likeness (QED) is 0.593. The van der Waals surface area contributed by atoms with Crippen LogP contribution in [0.4, 0.5) is 8.78 Å². The summed E-state index contributed by atoms with van der Waals surface area (Å²) in [5.74, 6) is -3.15. The first-order chi connectivity index (χ1) is 12.6. The number of carbonyl (C=O) groups is 2. The maximum Gasteiger partial charge on any atom is 0.270 e. The first-order valence-corrected chi connectivity index (χ1v) is 9.70. The summed E-state index contributed by atoms with van der Waals surface area (Å²) in [6, 6.07) is 5.92. The number of primary amides is 1. The van der Waals surface area contributed by atoms with E-state index in [0.717, 1.165) is 31.1 Å². The summed E-state index contributed by atoms with van der Waals surface area (Å²) in [6.45, 7) is 4.67. The van der Waals surface area contributed by atoms with E-state index < -0.39 is 11.8 Å². The highest BCUT2D eigenvalue weighted by molar-refractivity contribution is 7.16. The standard InChI is InChI=1S/C12H10F2N2OS.C8H16O/c1-12(13,14)8-4-2-3-7(5-8)11-16-6-9(18-11)10(15)17;1-3-4-5-6-7-8(2)9/h2-6H,1H3,(H2,15,17);3-7H2,1-2H3. The Morgan fingerprint density at radius 2 is 1.93 bits per heavy atom. The molecule has 1 heterocycles. The molecule has 0 spiro atoms. The number of thiazole rings is 1. The maximum atomic E-state index is 13.2. The molecule has 0 bridgehead atoms. The number of alkyl halides is 2. The summed E-state index contributed by atoms with van der Waals surface area (Å²) >= 11 is 1.08. The number of nitrogens with zero attached hydrogens (tertiary/aromatic N) is 1. The molecule has 2 aromatic rings. The van der Waals surface area contributed by atoms with Gasteiger partial charge in [-0.25, -0.2) is 13.8 Å². The van der Waals surface area contributed by atoms with Gasteiger partial charge in [0, 0.05) is 24.5 Å². The van der Waals surface area contributed by atoms with E-state index >= 15 is 0 Å². The number of Topliss-reactive ketones (excluding diaryl/α,β-unsaturated/α-hetero) is 1. The van der Waals surface area contributed by atoms with E-state index in [4.69, 9.17) is 5.73 Å². The predicted octanol–water partition coefficient (Wildman–Crippen LogP) is 5.57. The van der Waals surface area contributed by atoms with Gasteiger partial charge in [-0.1, -0.05) is 44.4 Å². The Labute approximate surface area is 162 Å². The van der Waals surface area contributed by atoms with Crippen LogP contribution >= 0.6 is 11.3 Å². The third-order valence-corrected chi connectivity index (χ3v) is 4.81. The Morgan fingerprint density at radius 1 is 1.22 bits per heavy atom. The van der Waals surface area contributed by atoms with E-state index in [0.29, 0.717) is 21.2 Å². The first-order valence-electron chi connectivity index (χ1n) is 8.89. The number of hydrogen-bond acceptors (Lipinski definition) is 4. The fourth-order valence-corrected chi connectivity index (χ4v) is 3.01. The number of halogens is 2. The van der Waals surface area contributed by atoms with Gasteiger partial charge in [-0.05, 0) is 19.4 Å². The van der Waals surface area contributed by atoms with E-state index in [1.54, 1.807) is 13.0 Å². The summed E-state index contributed by atoms with van der Waals surface area (Å²) in [5, 5.41) is 0.495. The number of carbonyl (C=O) groups excluding carboxylic acids is 2. The van der Waals surface area contributed by atoms with Gasteiger partial charge in [0.25, 0.3) is 11.8 Å². The van der Waals surface area contributed by atoms with Crippen molar-refractivity contribution >= 4 is 23.0 Å². The Bertz CT molecular complexity index is 754. The number of nitrogens with two attached hydrogens (primary N) is 1. The molecule has 7 heteroatoms. The van der Waals surface area contributed by atoms with E-state index in [1.807, 2.05) is 0 Å².